The van der Waals surface area contributed by atoms with Crippen LogP contribution in [0.25, 0.3) is 0 Å². The minimum atomic E-state index is -1.50. The molecule has 1 rings (SSSR count). The van der Waals surface area contributed by atoms with E-state index in [0.29, 0.717) is 12.0 Å². The summed E-state index contributed by atoms with van der Waals surface area (Å²) < 4.78 is 15.6. The molecular formula is C18H30O8. The van der Waals surface area contributed by atoms with Crippen LogP contribution in [0.3, 0.4) is 0 Å². The van der Waals surface area contributed by atoms with E-state index in [1.165, 1.54) is 6.92 Å². The zero-order valence-corrected chi connectivity index (χ0v) is 15.7. The third-order valence-electron chi connectivity index (χ3n) is 4.06. The number of allylic oxidation sites excluding steroid dienone is 1. The van der Waals surface area contributed by atoms with E-state index in [9.17, 15) is 25.2 Å². The van der Waals surface area contributed by atoms with Crippen molar-refractivity contribution in [3.8, 4) is 0 Å². The minimum Gasteiger partial charge on any atom is -0.463 e. The molecule has 0 saturated carbocycles. The molecule has 1 aliphatic rings. The van der Waals surface area contributed by atoms with Gasteiger partial charge in [0, 0.05) is 6.92 Å². The average molecular weight is 374 g/mol. The van der Waals surface area contributed by atoms with Gasteiger partial charge in [-0.05, 0) is 32.8 Å². The number of carbonyl (C=O) groups excluding carboxylic acids is 1. The van der Waals surface area contributed by atoms with E-state index in [-0.39, 0.29) is 13.2 Å². The van der Waals surface area contributed by atoms with E-state index in [2.05, 4.69) is 0 Å². The van der Waals surface area contributed by atoms with E-state index in [1.54, 1.807) is 13.0 Å². The Hall–Kier alpha value is -1.29. The molecule has 0 radical (unpaired) electrons. The van der Waals surface area contributed by atoms with E-state index < -0.39 is 42.8 Å². The van der Waals surface area contributed by atoms with Gasteiger partial charge in [-0.2, -0.15) is 0 Å². The SMILES string of the molecule is CC(=O)OCC1OC(OCC=C(C)C(O)CC=C(C)C)C(O)C(O)C1O. The maximum Gasteiger partial charge on any atom is 0.302 e. The molecule has 150 valence electrons. The number of ether oxygens (including phenoxy) is 3. The molecule has 0 aliphatic carbocycles. The smallest absolute Gasteiger partial charge is 0.302 e. The van der Waals surface area contributed by atoms with Gasteiger partial charge in [0.25, 0.3) is 0 Å². The van der Waals surface area contributed by atoms with Gasteiger partial charge >= 0.3 is 5.97 Å². The Labute approximate surface area is 153 Å². The highest BCUT2D eigenvalue weighted by atomic mass is 16.7. The first-order chi connectivity index (χ1) is 12.1. The van der Waals surface area contributed by atoms with Crippen LogP contribution in [0.15, 0.2) is 23.3 Å². The van der Waals surface area contributed by atoms with Crippen LogP contribution in [0.4, 0.5) is 0 Å². The second-order valence-electron chi connectivity index (χ2n) is 6.63. The lowest BCUT2D eigenvalue weighted by Crippen LogP contribution is -2.59. The highest BCUT2D eigenvalue weighted by molar-refractivity contribution is 5.65. The molecule has 1 heterocycles. The zero-order valence-electron chi connectivity index (χ0n) is 15.7. The normalized spacial score (nSPS) is 30.6. The van der Waals surface area contributed by atoms with Crippen molar-refractivity contribution in [2.45, 2.75) is 70.9 Å². The van der Waals surface area contributed by atoms with Crippen LogP contribution in [0.2, 0.25) is 0 Å². The van der Waals surface area contributed by atoms with Gasteiger partial charge in [-0.25, -0.2) is 0 Å². The van der Waals surface area contributed by atoms with Crippen molar-refractivity contribution >= 4 is 5.97 Å². The lowest BCUT2D eigenvalue weighted by atomic mass is 9.99. The summed E-state index contributed by atoms with van der Waals surface area (Å²) in [7, 11) is 0. The Bertz CT molecular complexity index is 511. The molecular weight excluding hydrogens is 344 g/mol. The van der Waals surface area contributed by atoms with Crippen LogP contribution in [0, 0.1) is 0 Å². The van der Waals surface area contributed by atoms with Crippen molar-refractivity contribution in [2.24, 2.45) is 0 Å². The van der Waals surface area contributed by atoms with E-state index in [4.69, 9.17) is 14.2 Å². The number of rotatable bonds is 8. The van der Waals surface area contributed by atoms with Crippen molar-refractivity contribution in [3.63, 3.8) is 0 Å². The van der Waals surface area contributed by atoms with Gasteiger partial charge in [-0.1, -0.05) is 17.7 Å². The van der Waals surface area contributed by atoms with Crippen LogP contribution < -0.4 is 0 Å². The summed E-state index contributed by atoms with van der Waals surface area (Å²) in [6.45, 7) is 6.62. The summed E-state index contributed by atoms with van der Waals surface area (Å²) in [5.74, 6) is -0.553. The molecule has 1 aliphatic heterocycles. The summed E-state index contributed by atoms with van der Waals surface area (Å²) in [4.78, 5) is 10.9. The molecule has 0 amide bonds. The Morgan fingerprint density at radius 1 is 1.08 bits per heavy atom. The topological polar surface area (TPSA) is 126 Å². The second kappa shape index (κ2) is 10.8. The number of carbonyl (C=O) groups is 1. The summed E-state index contributed by atoms with van der Waals surface area (Å²) in [6.07, 6.45) is -3.16. The third-order valence-corrected chi connectivity index (χ3v) is 4.06. The number of hydrogen-bond donors (Lipinski definition) is 4. The van der Waals surface area contributed by atoms with Gasteiger partial charge in [-0.3, -0.25) is 4.79 Å². The fourth-order valence-corrected chi connectivity index (χ4v) is 2.34. The predicted molar refractivity (Wildman–Crippen MR) is 93.1 cm³/mol. The molecule has 26 heavy (non-hydrogen) atoms. The molecule has 8 nitrogen and oxygen atoms in total. The summed E-state index contributed by atoms with van der Waals surface area (Å²) >= 11 is 0. The summed E-state index contributed by atoms with van der Waals surface area (Å²) in [6, 6.07) is 0. The van der Waals surface area contributed by atoms with Gasteiger partial charge in [0.1, 0.15) is 31.0 Å². The average Bonchev–Trinajstić information content (AvgIpc) is 2.58. The molecule has 8 heteroatoms. The van der Waals surface area contributed by atoms with Crippen LogP contribution >= 0.6 is 0 Å². The van der Waals surface area contributed by atoms with Crippen LogP contribution in [0.5, 0.6) is 0 Å². The van der Waals surface area contributed by atoms with E-state index >= 15 is 0 Å². The molecule has 1 fully saturated rings. The number of hydrogen-bond acceptors (Lipinski definition) is 8. The molecule has 6 unspecified atom stereocenters. The van der Waals surface area contributed by atoms with Gasteiger partial charge in [0.2, 0.25) is 0 Å². The molecule has 1 saturated heterocycles. The lowest BCUT2D eigenvalue weighted by Gasteiger charge is -2.39. The molecule has 0 bridgehead atoms. The highest BCUT2D eigenvalue weighted by Crippen LogP contribution is 2.22. The summed E-state index contributed by atoms with van der Waals surface area (Å²) in [5.41, 5.74) is 1.81. The number of esters is 1. The van der Waals surface area contributed by atoms with Gasteiger partial charge < -0.3 is 34.6 Å². The van der Waals surface area contributed by atoms with Crippen LogP contribution in [0.1, 0.15) is 34.1 Å². The quantitative estimate of drug-likeness (QED) is 0.347. The monoisotopic (exact) mass is 374 g/mol. The van der Waals surface area contributed by atoms with Crippen molar-refractivity contribution in [1.29, 1.82) is 0 Å². The fourth-order valence-electron chi connectivity index (χ4n) is 2.34. The fraction of sp³-hybridized carbons (Fsp3) is 0.722. The van der Waals surface area contributed by atoms with Crippen LogP contribution in [-0.2, 0) is 19.0 Å². The summed E-state index contributed by atoms with van der Waals surface area (Å²) in [5, 5.41) is 39.8. The molecule has 4 N–H and O–H groups in total. The lowest BCUT2D eigenvalue weighted by molar-refractivity contribution is -0.299. The van der Waals surface area contributed by atoms with Crippen molar-refractivity contribution < 1.29 is 39.4 Å². The van der Waals surface area contributed by atoms with Crippen molar-refractivity contribution in [2.75, 3.05) is 13.2 Å². The van der Waals surface area contributed by atoms with E-state index in [1.807, 2.05) is 19.9 Å². The Morgan fingerprint density at radius 2 is 1.73 bits per heavy atom. The maximum absolute atomic E-state index is 10.9. The van der Waals surface area contributed by atoms with E-state index in [0.717, 1.165) is 5.57 Å². The zero-order chi connectivity index (χ0) is 19.9. The first-order valence-corrected chi connectivity index (χ1v) is 8.56. The van der Waals surface area contributed by atoms with Gasteiger partial charge in [0.15, 0.2) is 6.29 Å². The molecule has 0 aromatic carbocycles. The Kier molecular flexibility index (Phi) is 9.42. The van der Waals surface area contributed by atoms with Crippen LogP contribution in [-0.4, -0.2) is 76.4 Å². The molecule has 6 atom stereocenters. The third kappa shape index (κ3) is 7.14. The second-order valence-corrected chi connectivity index (χ2v) is 6.63. The van der Waals surface area contributed by atoms with Crippen molar-refractivity contribution in [1.82, 2.24) is 0 Å². The first kappa shape index (κ1) is 22.8. The Balaban J connectivity index is 2.59. The molecule has 0 aromatic rings. The minimum absolute atomic E-state index is 0.0303. The Morgan fingerprint density at radius 3 is 2.31 bits per heavy atom. The van der Waals surface area contributed by atoms with Crippen molar-refractivity contribution in [3.05, 3.63) is 23.3 Å². The number of aliphatic hydroxyl groups is 4. The predicted octanol–water partition coefficient (Wildman–Crippen LogP) is 0.0372. The van der Waals surface area contributed by atoms with Gasteiger partial charge in [0.05, 0.1) is 12.7 Å². The first-order valence-electron chi connectivity index (χ1n) is 8.56. The maximum atomic E-state index is 10.9. The highest BCUT2D eigenvalue weighted by Gasteiger charge is 2.44. The molecule has 0 aromatic heterocycles. The van der Waals surface area contributed by atoms with Gasteiger partial charge in [-0.15, -0.1) is 0 Å². The number of aliphatic hydroxyl groups excluding tert-OH is 4. The largest absolute Gasteiger partial charge is 0.463 e. The molecule has 0 spiro atoms. The standard InChI is InChI=1S/C18H30O8/c1-10(2)5-6-13(20)11(3)7-8-24-18-17(23)16(22)15(21)14(26-18)9-25-12(4)19/h5,7,13-18,20-23H,6,8-9H2,1-4H3.